The lowest BCUT2D eigenvalue weighted by atomic mass is 10.0. The predicted octanol–water partition coefficient (Wildman–Crippen LogP) is 2.67. The molecule has 1 amide bonds. The number of carbonyl (C=O) groups is 1. The van der Waals surface area contributed by atoms with Gasteiger partial charge in [0.05, 0.1) is 22.7 Å². The number of benzene rings is 2. The maximum absolute atomic E-state index is 14.8. The number of nitrogens with zero attached hydrogens (tertiary/aromatic N) is 4. The number of anilines is 1. The Labute approximate surface area is 165 Å². The van der Waals surface area contributed by atoms with Crippen LogP contribution in [0.25, 0.3) is 11.3 Å². The van der Waals surface area contributed by atoms with Crippen LogP contribution in [0.1, 0.15) is 25.1 Å². The smallest absolute Gasteiger partial charge is 0.295 e. The number of aromatic nitrogens is 3. The molecule has 1 aliphatic rings. The third kappa shape index (κ3) is 2.80. The zero-order valence-electron chi connectivity index (χ0n) is 15.3. The van der Waals surface area contributed by atoms with Gasteiger partial charge in [-0.1, -0.05) is 47.6 Å². The van der Waals surface area contributed by atoms with Gasteiger partial charge in [-0.15, -0.1) is 0 Å². The fourth-order valence-electron chi connectivity index (χ4n) is 3.43. The van der Waals surface area contributed by atoms with Crippen molar-refractivity contribution in [2.45, 2.75) is 24.7 Å². The Bertz CT molecular complexity index is 1080. The Hall–Kier alpha value is -3.00. The summed E-state index contributed by atoms with van der Waals surface area (Å²) in [5.74, 6) is -1.14. The summed E-state index contributed by atoms with van der Waals surface area (Å²) < 4.78 is 16.2. The highest BCUT2D eigenvalue weighted by atomic mass is 32.2. The van der Waals surface area contributed by atoms with Gasteiger partial charge in [0.15, 0.2) is 0 Å². The van der Waals surface area contributed by atoms with Gasteiger partial charge in [-0.25, -0.2) is 14.3 Å². The molecule has 1 aliphatic heterocycles. The molecule has 1 unspecified atom stereocenters. The Morgan fingerprint density at radius 1 is 1.25 bits per heavy atom. The molecule has 0 aliphatic carbocycles. The van der Waals surface area contributed by atoms with Gasteiger partial charge in [-0.05, 0) is 30.5 Å². The van der Waals surface area contributed by atoms with E-state index >= 15 is 0 Å². The van der Waals surface area contributed by atoms with E-state index in [-0.39, 0.29) is 28.7 Å². The molecule has 0 N–H and O–H groups in total. The minimum atomic E-state index is -0.917. The van der Waals surface area contributed by atoms with Crippen molar-refractivity contribution in [2.75, 3.05) is 11.2 Å². The third-order valence-corrected chi connectivity index (χ3v) is 5.19. The molecule has 0 saturated heterocycles. The van der Waals surface area contributed by atoms with Crippen molar-refractivity contribution in [3.63, 3.8) is 0 Å². The SMILES string of the molecule is CCC(=O)N1c2ccccc2-c2c([O-])nc(SC)n[n+]2C1c1ccccc1F. The maximum Gasteiger partial charge on any atom is 0.295 e. The number of halogens is 1. The van der Waals surface area contributed by atoms with Gasteiger partial charge in [-0.2, -0.15) is 0 Å². The number of thioether (sulfide) groups is 1. The highest BCUT2D eigenvalue weighted by Crippen LogP contribution is 2.41. The normalized spacial score (nSPS) is 15.1. The second kappa shape index (κ2) is 7.20. The highest BCUT2D eigenvalue weighted by molar-refractivity contribution is 7.98. The number of amides is 1. The van der Waals surface area contributed by atoms with Gasteiger partial charge < -0.3 is 5.11 Å². The summed E-state index contributed by atoms with van der Waals surface area (Å²) in [5.41, 5.74) is 1.59. The van der Waals surface area contributed by atoms with Crippen molar-refractivity contribution in [3.8, 4) is 17.1 Å². The summed E-state index contributed by atoms with van der Waals surface area (Å²) >= 11 is 1.21. The standard InChI is InChI=1S/C20H17FN4O2S/c1-3-16(26)24-15-11-7-5-9-13(15)17-18(27)22-20(28-2)23-25(17)19(24)12-8-4-6-10-14(12)21/h4-11,19H,3H2,1-2H3. The Balaban J connectivity index is 2.10. The van der Waals surface area contributed by atoms with Crippen LogP contribution in [0.5, 0.6) is 5.88 Å². The molecule has 0 saturated carbocycles. The first-order valence-electron chi connectivity index (χ1n) is 8.77. The maximum atomic E-state index is 14.8. The summed E-state index contributed by atoms with van der Waals surface area (Å²) in [6.07, 6.45) is 1.06. The average molecular weight is 396 g/mol. The molecule has 1 atom stereocenters. The molecule has 28 heavy (non-hydrogen) atoms. The number of hydrogen-bond donors (Lipinski definition) is 0. The summed E-state index contributed by atoms with van der Waals surface area (Å²) in [5, 5.41) is 17.6. The first-order valence-corrected chi connectivity index (χ1v) is 10.00. The van der Waals surface area contributed by atoms with Gasteiger partial charge in [0.1, 0.15) is 5.82 Å². The van der Waals surface area contributed by atoms with Crippen LogP contribution in [0, 0.1) is 5.82 Å². The predicted molar refractivity (Wildman–Crippen MR) is 101 cm³/mol. The van der Waals surface area contributed by atoms with Crippen LogP contribution in [0.4, 0.5) is 10.1 Å². The van der Waals surface area contributed by atoms with Crippen molar-refractivity contribution in [3.05, 3.63) is 59.9 Å². The van der Waals surface area contributed by atoms with Crippen molar-refractivity contribution < 1.29 is 19.0 Å². The Morgan fingerprint density at radius 2 is 1.96 bits per heavy atom. The van der Waals surface area contributed by atoms with E-state index in [0.717, 1.165) is 0 Å². The van der Waals surface area contributed by atoms with E-state index in [9.17, 15) is 14.3 Å². The minimum Gasteiger partial charge on any atom is -0.854 e. The molecular weight excluding hydrogens is 379 g/mol. The molecule has 142 valence electrons. The second-order valence-electron chi connectivity index (χ2n) is 6.23. The average Bonchev–Trinajstić information content (AvgIpc) is 2.72. The first kappa shape index (κ1) is 18.4. The molecule has 1 aromatic heterocycles. The summed E-state index contributed by atoms with van der Waals surface area (Å²) in [6.45, 7) is 1.75. The molecule has 3 aromatic rings. The number of fused-ring (bicyclic) bond motifs is 3. The van der Waals surface area contributed by atoms with E-state index in [2.05, 4.69) is 10.1 Å². The fourth-order valence-corrected chi connectivity index (χ4v) is 3.77. The Kier molecular flexibility index (Phi) is 4.72. The molecule has 0 radical (unpaired) electrons. The van der Waals surface area contributed by atoms with Crippen LogP contribution in [0.3, 0.4) is 0 Å². The van der Waals surface area contributed by atoms with Crippen molar-refractivity contribution >= 4 is 23.4 Å². The lowest BCUT2D eigenvalue weighted by Gasteiger charge is -2.33. The largest absolute Gasteiger partial charge is 0.854 e. The van der Waals surface area contributed by atoms with Gasteiger partial charge >= 0.3 is 0 Å². The van der Waals surface area contributed by atoms with E-state index in [1.807, 2.05) is 0 Å². The third-order valence-electron chi connectivity index (χ3n) is 4.65. The van der Waals surface area contributed by atoms with Crippen LogP contribution >= 0.6 is 11.8 Å². The van der Waals surface area contributed by atoms with E-state index < -0.39 is 17.9 Å². The molecule has 8 heteroatoms. The highest BCUT2D eigenvalue weighted by Gasteiger charge is 2.45. The summed E-state index contributed by atoms with van der Waals surface area (Å²) in [4.78, 5) is 18.5. The van der Waals surface area contributed by atoms with Crippen LogP contribution in [-0.4, -0.2) is 22.2 Å². The van der Waals surface area contributed by atoms with Gasteiger partial charge in [-0.3, -0.25) is 4.79 Å². The number of carbonyl (C=O) groups excluding carboxylic acids is 1. The molecule has 6 nitrogen and oxygen atoms in total. The van der Waals surface area contributed by atoms with E-state index in [4.69, 9.17) is 0 Å². The monoisotopic (exact) mass is 396 g/mol. The second-order valence-corrected chi connectivity index (χ2v) is 7.00. The molecule has 0 spiro atoms. The number of rotatable bonds is 3. The minimum absolute atomic E-state index is 0.199. The quantitative estimate of drug-likeness (QED) is 0.503. The van der Waals surface area contributed by atoms with E-state index in [1.165, 1.54) is 27.4 Å². The van der Waals surface area contributed by atoms with E-state index in [0.29, 0.717) is 11.3 Å². The molecule has 0 bridgehead atoms. The zero-order valence-corrected chi connectivity index (χ0v) is 16.1. The van der Waals surface area contributed by atoms with Gasteiger partial charge in [0, 0.05) is 11.5 Å². The molecular formula is C20H17FN4O2S. The summed E-state index contributed by atoms with van der Waals surface area (Å²) in [7, 11) is 0. The molecule has 2 aromatic carbocycles. The van der Waals surface area contributed by atoms with Crippen LogP contribution in [-0.2, 0) is 4.79 Å². The molecule has 2 heterocycles. The summed E-state index contributed by atoms with van der Waals surface area (Å²) in [6, 6.07) is 13.3. The molecule has 4 rings (SSSR count). The number of para-hydroxylation sites is 1. The topological polar surface area (TPSA) is 73.0 Å². The lowest BCUT2D eigenvalue weighted by Crippen LogP contribution is -2.59. The molecule has 0 fully saturated rings. The first-order chi connectivity index (χ1) is 13.6. The fraction of sp³-hybridized carbons (Fsp3) is 0.200. The van der Waals surface area contributed by atoms with E-state index in [1.54, 1.807) is 55.6 Å². The van der Waals surface area contributed by atoms with Gasteiger partial charge in [0.25, 0.3) is 17.0 Å². The lowest BCUT2D eigenvalue weighted by molar-refractivity contribution is -0.764. The number of hydrogen-bond acceptors (Lipinski definition) is 5. The Morgan fingerprint density at radius 3 is 2.68 bits per heavy atom. The van der Waals surface area contributed by atoms with Crippen LogP contribution in [0.2, 0.25) is 0 Å². The van der Waals surface area contributed by atoms with Crippen LogP contribution < -0.4 is 14.7 Å². The van der Waals surface area contributed by atoms with Crippen molar-refractivity contribution in [1.82, 2.24) is 10.1 Å². The van der Waals surface area contributed by atoms with Crippen molar-refractivity contribution in [2.24, 2.45) is 0 Å². The van der Waals surface area contributed by atoms with Crippen molar-refractivity contribution in [1.29, 1.82) is 0 Å². The zero-order chi connectivity index (χ0) is 19.8. The van der Waals surface area contributed by atoms with Crippen LogP contribution in [0.15, 0.2) is 53.7 Å². The van der Waals surface area contributed by atoms with Gasteiger partial charge in [0.2, 0.25) is 5.91 Å².